The predicted octanol–water partition coefficient (Wildman–Crippen LogP) is 2.19. The van der Waals surface area contributed by atoms with Crippen molar-refractivity contribution in [1.82, 2.24) is 15.0 Å². The van der Waals surface area contributed by atoms with Crippen LogP contribution in [0.4, 0.5) is 13.2 Å². The Kier molecular flexibility index (Phi) is 5.76. The number of benzene rings is 1. The van der Waals surface area contributed by atoms with E-state index in [1.54, 1.807) is 6.92 Å². The maximum Gasteiger partial charge on any atom is 0.416 e. The third-order valence-corrected chi connectivity index (χ3v) is 4.87. The molecule has 0 aliphatic carbocycles. The predicted molar refractivity (Wildman–Crippen MR) is 87.7 cm³/mol. The molecule has 0 aliphatic heterocycles. The summed E-state index contributed by atoms with van der Waals surface area (Å²) in [6, 6.07) is 1.49. The fourth-order valence-corrected chi connectivity index (χ4v) is 2.86. The molecule has 1 aromatic heterocycles. The number of hydroxylamine groups is 2. The van der Waals surface area contributed by atoms with Crippen molar-refractivity contribution < 1.29 is 27.3 Å². The van der Waals surface area contributed by atoms with Gasteiger partial charge >= 0.3 is 24.9 Å². The molecule has 0 bridgehead atoms. The van der Waals surface area contributed by atoms with E-state index >= 15 is 0 Å². The number of fused-ring (bicyclic) bond motifs is 1. The zero-order chi connectivity index (χ0) is 19.7. The molecule has 2 aromatic rings. The molecular formula is C14H17F3N3O5P. The summed E-state index contributed by atoms with van der Waals surface area (Å²) in [4.78, 5) is 36.9. The number of hydrogen-bond donors (Lipinski definition) is 3. The van der Waals surface area contributed by atoms with Crippen molar-refractivity contribution in [3.8, 4) is 0 Å². The topological polar surface area (TPSA) is 115 Å². The van der Waals surface area contributed by atoms with Crippen molar-refractivity contribution in [2.75, 3.05) is 12.7 Å². The molecule has 0 radical (unpaired) electrons. The molecule has 1 aromatic carbocycles. The molecule has 1 unspecified atom stereocenters. The lowest BCUT2D eigenvalue weighted by molar-refractivity contribution is -0.137. The highest BCUT2D eigenvalue weighted by Crippen LogP contribution is 2.42. The maximum atomic E-state index is 13.1. The van der Waals surface area contributed by atoms with Gasteiger partial charge in [0.2, 0.25) is 0 Å². The molecular weight excluding hydrogens is 378 g/mol. The van der Waals surface area contributed by atoms with Gasteiger partial charge in [-0.1, -0.05) is 13.8 Å². The van der Waals surface area contributed by atoms with Crippen molar-refractivity contribution in [2.24, 2.45) is 0 Å². The standard InChI is InChI=1S/C14H17F3N3O5P/c1-3-20(25-26(23,24)4-2)7-8-5-9(14(15,16)17)6-10-11(8)19-13(22)12(21)18-10/h5-6H,3-4,7H2,1-2H3,(H,18,21)(H,19,22)(H,23,24). The molecule has 12 heteroatoms. The highest BCUT2D eigenvalue weighted by Gasteiger charge is 2.32. The van der Waals surface area contributed by atoms with Crippen LogP contribution in [0, 0.1) is 0 Å². The van der Waals surface area contributed by atoms with Gasteiger partial charge in [0.05, 0.1) is 23.1 Å². The van der Waals surface area contributed by atoms with E-state index in [1.807, 2.05) is 0 Å². The van der Waals surface area contributed by atoms with Crippen molar-refractivity contribution in [3.05, 3.63) is 44.0 Å². The Labute approximate surface area is 145 Å². The minimum absolute atomic E-state index is 0.0195. The van der Waals surface area contributed by atoms with Gasteiger partial charge in [0.25, 0.3) is 0 Å². The van der Waals surface area contributed by atoms with Crippen LogP contribution in [0.5, 0.6) is 0 Å². The van der Waals surface area contributed by atoms with Crippen LogP contribution in [-0.2, 0) is 21.9 Å². The average Bonchev–Trinajstić information content (AvgIpc) is 2.54. The molecule has 26 heavy (non-hydrogen) atoms. The Morgan fingerprint density at radius 1 is 1.19 bits per heavy atom. The molecule has 1 heterocycles. The fourth-order valence-electron chi connectivity index (χ4n) is 2.21. The highest BCUT2D eigenvalue weighted by atomic mass is 31.2. The average molecular weight is 395 g/mol. The number of aromatic amines is 2. The molecule has 0 spiro atoms. The van der Waals surface area contributed by atoms with Crippen molar-refractivity contribution in [3.63, 3.8) is 0 Å². The maximum absolute atomic E-state index is 13.1. The molecule has 0 saturated heterocycles. The summed E-state index contributed by atoms with van der Waals surface area (Å²) in [6.07, 6.45) is -4.87. The smallest absolute Gasteiger partial charge is 0.323 e. The quantitative estimate of drug-likeness (QED) is 0.392. The van der Waals surface area contributed by atoms with Crippen LogP contribution in [0.15, 0.2) is 21.7 Å². The normalized spacial score (nSPS) is 14.7. The number of alkyl halides is 3. The summed E-state index contributed by atoms with van der Waals surface area (Å²) in [6.45, 7) is 2.78. The van der Waals surface area contributed by atoms with Crippen LogP contribution in [0.2, 0.25) is 0 Å². The van der Waals surface area contributed by atoms with Gasteiger partial charge in [0, 0.05) is 12.7 Å². The molecule has 0 saturated carbocycles. The lowest BCUT2D eigenvalue weighted by Gasteiger charge is -2.23. The van der Waals surface area contributed by atoms with E-state index in [0.717, 1.165) is 11.1 Å². The van der Waals surface area contributed by atoms with Crippen LogP contribution >= 0.6 is 7.60 Å². The third-order valence-electron chi connectivity index (χ3n) is 3.58. The van der Waals surface area contributed by atoms with Gasteiger partial charge in [-0.25, -0.2) is 4.62 Å². The SMILES string of the molecule is CCN(Cc1cc(C(F)(F)F)cc2[nH]c(=O)c(=O)[nH]c12)OP(=O)(O)CC. The van der Waals surface area contributed by atoms with Crippen molar-refractivity contribution >= 4 is 18.6 Å². The number of hydrogen-bond acceptors (Lipinski definition) is 5. The Hall–Kier alpha value is -1.94. The summed E-state index contributed by atoms with van der Waals surface area (Å²) < 4.78 is 56.1. The van der Waals surface area contributed by atoms with Crippen LogP contribution in [0.3, 0.4) is 0 Å². The zero-order valence-electron chi connectivity index (χ0n) is 13.9. The van der Waals surface area contributed by atoms with E-state index in [4.69, 9.17) is 4.62 Å². The van der Waals surface area contributed by atoms with Gasteiger partial charge in [-0.05, 0) is 17.7 Å². The summed E-state index contributed by atoms with van der Waals surface area (Å²) >= 11 is 0. The molecule has 1 atom stereocenters. The molecule has 0 aliphatic rings. The number of nitrogens with zero attached hydrogens (tertiary/aromatic N) is 1. The lowest BCUT2D eigenvalue weighted by Crippen LogP contribution is -2.30. The van der Waals surface area contributed by atoms with E-state index in [0.29, 0.717) is 6.07 Å². The molecule has 0 fully saturated rings. The number of aromatic nitrogens is 2. The second-order valence-electron chi connectivity index (χ2n) is 5.46. The Balaban J connectivity index is 2.59. The van der Waals surface area contributed by atoms with E-state index in [1.165, 1.54) is 6.92 Å². The minimum Gasteiger partial charge on any atom is -0.323 e. The molecule has 144 valence electrons. The molecule has 0 amide bonds. The van der Waals surface area contributed by atoms with Gasteiger partial charge in [0.1, 0.15) is 0 Å². The molecule has 8 nitrogen and oxygen atoms in total. The lowest BCUT2D eigenvalue weighted by atomic mass is 10.1. The summed E-state index contributed by atoms with van der Waals surface area (Å²) in [5.74, 6) is 0. The second-order valence-corrected chi connectivity index (χ2v) is 7.53. The second kappa shape index (κ2) is 7.36. The van der Waals surface area contributed by atoms with Crippen molar-refractivity contribution in [1.29, 1.82) is 0 Å². The number of H-pyrrole nitrogens is 2. The summed E-state index contributed by atoms with van der Waals surface area (Å²) in [5.41, 5.74) is -3.41. The Morgan fingerprint density at radius 2 is 1.81 bits per heavy atom. The van der Waals surface area contributed by atoms with Crippen LogP contribution in [-0.4, -0.2) is 32.6 Å². The molecule has 2 rings (SSSR count). The van der Waals surface area contributed by atoms with Gasteiger partial charge in [-0.2, -0.15) is 18.2 Å². The number of rotatable bonds is 6. The van der Waals surface area contributed by atoms with Crippen LogP contribution in [0.25, 0.3) is 11.0 Å². The summed E-state index contributed by atoms with van der Waals surface area (Å²) in [7, 11) is -3.93. The first kappa shape index (κ1) is 20.4. The monoisotopic (exact) mass is 395 g/mol. The first-order valence-electron chi connectivity index (χ1n) is 7.59. The number of halogens is 3. The van der Waals surface area contributed by atoms with E-state index < -0.39 is 30.5 Å². The largest absolute Gasteiger partial charge is 0.416 e. The van der Waals surface area contributed by atoms with E-state index in [2.05, 4.69) is 9.97 Å². The zero-order valence-corrected chi connectivity index (χ0v) is 14.8. The highest BCUT2D eigenvalue weighted by molar-refractivity contribution is 7.52. The van der Waals surface area contributed by atoms with Gasteiger partial charge in [-0.15, -0.1) is 0 Å². The minimum atomic E-state index is -4.69. The fraction of sp³-hybridized carbons (Fsp3) is 0.429. The Morgan fingerprint density at radius 3 is 2.35 bits per heavy atom. The van der Waals surface area contributed by atoms with Gasteiger partial charge in [0.15, 0.2) is 0 Å². The van der Waals surface area contributed by atoms with Crippen LogP contribution < -0.4 is 11.1 Å². The van der Waals surface area contributed by atoms with E-state index in [-0.39, 0.29) is 35.8 Å². The van der Waals surface area contributed by atoms with Crippen molar-refractivity contribution in [2.45, 2.75) is 26.6 Å². The number of nitrogens with one attached hydrogen (secondary N) is 2. The van der Waals surface area contributed by atoms with E-state index in [9.17, 15) is 32.2 Å². The summed E-state index contributed by atoms with van der Waals surface area (Å²) in [5, 5.41) is 1.02. The first-order chi connectivity index (χ1) is 12.0. The first-order valence-corrected chi connectivity index (χ1v) is 9.36. The Bertz CT molecular complexity index is 969. The van der Waals surface area contributed by atoms with Crippen LogP contribution in [0.1, 0.15) is 25.0 Å². The third kappa shape index (κ3) is 4.61. The molecule has 3 N–H and O–H groups in total. The van der Waals surface area contributed by atoms with Gasteiger partial charge < -0.3 is 14.9 Å². The van der Waals surface area contributed by atoms with Gasteiger partial charge in [-0.3, -0.25) is 14.2 Å².